The first-order valence-corrected chi connectivity index (χ1v) is 11.7. The van der Waals surface area contributed by atoms with Crippen molar-refractivity contribution in [1.29, 1.82) is 0 Å². The van der Waals surface area contributed by atoms with Gasteiger partial charge in [0, 0.05) is 5.41 Å². The van der Waals surface area contributed by atoms with E-state index < -0.39 is 0 Å². The number of benzene rings is 1. The van der Waals surface area contributed by atoms with Gasteiger partial charge in [-0.2, -0.15) is 0 Å². The van der Waals surface area contributed by atoms with E-state index in [1.54, 1.807) is 0 Å². The van der Waals surface area contributed by atoms with Crippen molar-refractivity contribution in [3.8, 4) is 0 Å². The summed E-state index contributed by atoms with van der Waals surface area (Å²) in [7, 11) is 0. The lowest BCUT2D eigenvalue weighted by molar-refractivity contribution is -0.137. The Hall–Kier alpha value is -1.37. The van der Waals surface area contributed by atoms with E-state index in [0.29, 0.717) is 17.1 Å². The summed E-state index contributed by atoms with van der Waals surface area (Å²) in [5, 5.41) is 0. The highest BCUT2D eigenvalue weighted by atomic mass is 16.1. The lowest BCUT2D eigenvalue weighted by Crippen LogP contribution is -2.52. The molecule has 1 heteroatoms. The van der Waals surface area contributed by atoms with Gasteiger partial charge < -0.3 is 0 Å². The van der Waals surface area contributed by atoms with Crippen LogP contribution in [0.15, 0.2) is 29.8 Å². The number of carbonyl (C=O) groups is 1. The molecule has 28 heavy (non-hydrogen) atoms. The predicted octanol–water partition coefficient (Wildman–Crippen LogP) is 6.99. The van der Waals surface area contributed by atoms with Crippen LogP contribution in [0, 0.1) is 41.4 Å². The van der Waals surface area contributed by atoms with Crippen LogP contribution in [0.2, 0.25) is 0 Å². The fourth-order valence-corrected chi connectivity index (χ4v) is 7.96. The zero-order chi connectivity index (χ0) is 19.5. The number of hydrogen-bond donors (Lipinski definition) is 0. The molecule has 1 aromatic rings. The molecule has 0 spiro atoms. The van der Waals surface area contributed by atoms with E-state index in [1.165, 1.54) is 56.1 Å². The Morgan fingerprint density at radius 2 is 1.71 bits per heavy atom. The maximum atomic E-state index is 13.5. The van der Waals surface area contributed by atoms with Crippen LogP contribution >= 0.6 is 0 Å². The molecule has 0 unspecified atom stereocenters. The van der Waals surface area contributed by atoms with Gasteiger partial charge in [-0.3, -0.25) is 4.79 Å². The molecule has 0 bridgehead atoms. The van der Waals surface area contributed by atoms with Gasteiger partial charge in [-0.15, -0.1) is 0 Å². The number of ketones is 1. The van der Waals surface area contributed by atoms with E-state index in [4.69, 9.17) is 0 Å². The van der Waals surface area contributed by atoms with E-state index in [9.17, 15) is 4.79 Å². The van der Waals surface area contributed by atoms with Gasteiger partial charge in [0.05, 0.1) is 0 Å². The lowest BCUT2D eigenvalue weighted by Gasteiger charge is -2.59. The van der Waals surface area contributed by atoms with Crippen molar-refractivity contribution in [3.63, 3.8) is 0 Å². The van der Waals surface area contributed by atoms with Crippen molar-refractivity contribution in [1.82, 2.24) is 0 Å². The molecular weight excluding hydrogens is 340 g/mol. The molecule has 0 heterocycles. The van der Waals surface area contributed by atoms with Crippen molar-refractivity contribution >= 4 is 11.9 Å². The van der Waals surface area contributed by atoms with Gasteiger partial charge in [0.1, 0.15) is 0 Å². The summed E-state index contributed by atoms with van der Waals surface area (Å²) in [6.45, 7) is 7.05. The largest absolute Gasteiger partial charge is 0.294 e. The maximum Gasteiger partial charge on any atom is 0.165 e. The SMILES string of the molecule is Cc1ccc(/C=C2\C[C@@H]3[C@@H]4CC[C@H]5CCCC[C@]5(C)[C@@H]4CC[C@]3(C)C2=O)cc1. The Kier molecular flexibility index (Phi) is 4.38. The molecule has 0 aliphatic heterocycles. The summed E-state index contributed by atoms with van der Waals surface area (Å²) in [4.78, 5) is 13.5. The Balaban J connectivity index is 1.45. The molecule has 0 amide bonds. The molecule has 4 fully saturated rings. The number of rotatable bonds is 1. The summed E-state index contributed by atoms with van der Waals surface area (Å²) in [6.07, 6.45) is 14.2. The first kappa shape index (κ1) is 18.6. The predicted molar refractivity (Wildman–Crippen MR) is 116 cm³/mol. The van der Waals surface area contributed by atoms with Crippen molar-refractivity contribution in [3.05, 3.63) is 41.0 Å². The highest BCUT2D eigenvalue weighted by Crippen LogP contribution is 2.66. The molecule has 0 N–H and O–H groups in total. The zero-order valence-corrected chi connectivity index (χ0v) is 18.0. The zero-order valence-electron chi connectivity index (χ0n) is 18.0. The van der Waals surface area contributed by atoms with Crippen LogP contribution in [-0.4, -0.2) is 5.78 Å². The molecule has 1 aromatic carbocycles. The minimum absolute atomic E-state index is 0.102. The minimum Gasteiger partial charge on any atom is -0.294 e. The van der Waals surface area contributed by atoms with Crippen molar-refractivity contribution in [2.24, 2.45) is 34.5 Å². The van der Waals surface area contributed by atoms with Gasteiger partial charge in [-0.05, 0) is 98.2 Å². The van der Waals surface area contributed by atoms with Crippen LogP contribution < -0.4 is 0 Å². The Morgan fingerprint density at radius 3 is 2.50 bits per heavy atom. The third-order valence-corrected chi connectivity index (χ3v) is 9.64. The number of fused-ring (bicyclic) bond motifs is 5. The van der Waals surface area contributed by atoms with Crippen molar-refractivity contribution < 1.29 is 4.79 Å². The lowest BCUT2D eigenvalue weighted by atomic mass is 9.45. The molecule has 4 saturated carbocycles. The van der Waals surface area contributed by atoms with E-state index in [2.05, 4.69) is 51.1 Å². The number of carbonyl (C=O) groups excluding carboxylic acids is 1. The highest BCUT2D eigenvalue weighted by Gasteiger charge is 2.60. The molecule has 5 rings (SSSR count). The fourth-order valence-electron chi connectivity index (χ4n) is 7.96. The van der Waals surface area contributed by atoms with Gasteiger partial charge in [0.25, 0.3) is 0 Å². The quantitative estimate of drug-likeness (QED) is 0.483. The van der Waals surface area contributed by atoms with Crippen LogP contribution in [0.4, 0.5) is 0 Å². The van der Waals surface area contributed by atoms with Crippen LogP contribution in [0.3, 0.4) is 0 Å². The molecular formula is C27H36O. The standard InChI is InChI=1S/C27H36O/c1-18-7-9-19(10-8-18)16-20-17-24-22-12-11-21-6-4-5-14-26(21,2)23(22)13-15-27(24,3)25(20)28/h7-10,16,21-24H,4-6,11-15,17H2,1-3H3/b20-16+/t21-,22-,23-,24-,26+,27+/m1/s1. The topological polar surface area (TPSA) is 17.1 Å². The third-order valence-electron chi connectivity index (χ3n) is 9.64. The smallest absolute Gasteiger partial charge is 0.165 e. The second-order valence-corrected chi connectivity index (χ2v) is 11.0. The second-order valence-electron chi connectivity index (χ2n) is 11.0. The normalized spacial score (nSPS) is 44.1. The molecule has 4 aliphatic carbocycles. The second kappa shape index (κ2) is 6.57. The first-order chi connectivity index (χ1) is 13.4. The summed E-state index contributed by atoms with van der Waals surface area (Å²) in [5.41, 5.74) is 4.02. The number of Topliss-reactive ketones (excluding diaryl/α,β-unsaturated/α-hetero) is 1. The van der Waals surface area contributed by atoms with Crippen LogP contribution in [0.1, 0.15) is 82.8 Å². The molecule has 6 atom stereocenters. The van der Waals surface area contributed by atoms with Gasteiger partial charge in [-0.25, -0.2) is 0 Å². The first-order valence-electron chi connectivity index (χ1n) is 11.7. The number of allylic oxidation sites excluding steroid dienone is 1. The van der Waals surface area contributed by atoms with Crippen molar-refractivity contribution in [2.75, 3.05) is 0 Å². The molecule has 0 radical (unpaired) electrons. The van der Waals surface area contributed by atoms with Gasteiger partial charge in [0.2, 0.25) is 0 Å². The maximum absolute atomic E-state index is 13.5. The fraction of sp³-hybridized carbons (Fsp3) is 0.667. The highest BCUT2D eigenvalue weighted by molar-refractivity contribution is 6.05. The van der Waals surface area contributed by atoms with Crippen LogP contribution in [0.25, 0.3) is 6.08 Å². The van der Waals surface area contributed by atoms with E-state index in [1.807, 2.05) is 0 Å². The summed E-state index contributed by atoms with van der Waals surface area (Å²) in [5.74, 6) is 3.62. The molecule has 0 aromatic heterocycles. The Labute approximate surface area is 171 Å². The summed E-state index contributed by atoms with van der Waals surface area (Å²) >= 11 is 0. The average molecular weight is 377 g/mol. The molecule has 4 aliphatic rings. The summed E-state index contributed by atoms with van der Waals surface area (Å²) < 4.78 is 0. The van der Waals surface area contributed by atoms with Gasteiger partial charge >= 0.3 is 0 Å². The van der Waals surface area contributed by atoms with Gasteiger partial charge in [-0.1, -0.05) is 56.5 Å². The Morgan fingerprint density at radius 1 is 0.929 bits per heavy atom. The monoisotopic (exact) mass is 376 g/mol. The molecule has 0 saturated heterocycles. The number of aryl methyl sites for hydroxylation is 1. The van der Waals surface area contributed by atoms with E-state index >= 15 is 0 Å². The third kappa shape index (κ3) is 2.68. The van der Waals surface area contributed by atoms with Crippen LogP contribution in [0.5, 0.6) is 0 Å². The Bertz CT molecular complexity index is 802. The van der Waals surface area contributed by atoms with E-state index in [-0.39, 0.29) is 5.41 Å². The minimum atomic E-state index is -0.102. The average Bonchev–Trinajstić information content (AvgIpc) is 2.94. The van der Waals surface area contributed by atoms with Crippen LogP contribution in [-0.2, 0) is 4.79 Å². The van der Waals surface area contributed by atoms with E-state index in [0.717, 1.165) is 36.2 Å². The number of hydrogen-bond acceptors (Lipinski definition) is 1. The van der Waals surface area contributed by atoms with Crippen molar-refractivity contribution in [2.45, 2.75) is 78.6 Å². The molecule has 150 valence electrons. The molecule has 1 nitrogen and oxygen atoms in total. The summed E-state index contributed by atoms with van der Waals surface area (Å²) in [6, 6.07) is 8.64. The van der Waals surface area contributed by atoms with Gasteiger partial charge in [0.15, 0.2) is 5.78 Å².